The minimum Gasteiger partial charge on any atom is -0.444 e. The summed E-state index contributed by atoms with van der Waals surface area (Å²) < 4.78 is 104. The molecule has 2 amide bonds. The third-order valence-corrected chi connectivity index (χ3v) is 10.3. The zero-order valence-corrected chi connectivity index (χ0v) is 24.5. The van der Waals surface area contributed by atoms with Crippen LogP contribution < -0.4 is 5.32 Å². The third-order valence-electron chi connectivity index (χ3n) is 5.69. The molecular weight excluding hydrogens is 862 g/mol. The lowest BCUT2D eigenvalue weighted by atomic mass is 9.82. The number of ether oxygens (including phenoxy) is 1. The number of benzene rings is 1. The molecule has 8 nitrogen and oxygen atoms in total. The minimum atomic E-state index is -6.62. The molecule has 0 heterocycles. The van der Waals surface area contributed by atoms with Gasteiger partial charge in [-0.1, -0.05) is 12.2 Å². The van der Waals surface area contributed by atoms with E-state index in [-0.39, 0.29) is 12.0 Å². The molecule has 1 aromatic carbocycles. The van der Waals surface area contributed by atoms with Crippen molar-refractivity contribution in [3.63, 3.8) is 0 Å². The van der Waals surface area contributed by atoms with Gasteiger partial charge in [0.15, 0.2) is 0 Å². The van der Waals surface area contributed by atoms with Gasteiger partial charge in [-0.05, 0) is 98.2 Å². The van der Waals surface area contributed by atoms with Crippen LogP contribution in [0.15, 0.2) is 24.3 Å². The van der Waals surface area contributed by atoms with Crippen molar-refractivity contribution in [3.8, 4) is 0 Å². The first-order chi connectivity index (χ1) is 16.4. The van der Waals surface area contributed by atoms with E-state index in [9.17, 15) is 44.8 Å². The third kappa shape index (κ3) is 5.82. The maximum absolute atomic E-state index is 13.9. The van der Waals surface area contributed by atoms with E-state index in [1.54, 1.807) is 6.07 Å². The molecule has 198 valence electrons. The molecule has 0 saturated heterocycles. The van der Waals surface area contributed by atoms with Gasteiger partial charge in [0.1, 0.15) is 0 Å². The highest BCUT2D eigenvalue weighted by atomic mass is 127. The molecule has 1 aromatic rings. The number of allylic oxidation sites excluding steroid dienone is 2. The Balaban J connectivity index is 1.87. The standard InChI is InChI=1S/C19H13F5I3NO7S/c20-18(21,22)17(19(23,24)36(32,33)34)35-16(31)12-7-2-1-6(3-7)11(12)15(30)28-14(29)9-4-8(25)5-10(26)13(9)27/h1-2,4-7,11-12,17H,3H2,(H,28,29,30)(H,32,33,34). The van der Waals surface area contributed by atoms with Crippen LogP contribution in [0, 0.1) is 34.4 Å². The van der Waals surface area contributed by atoms with Crippen molar-refractivity contribution in [2.45, 2.75) is 24.0 Å². The molecule has 0 aromatic heterocycles. The second kappa shape index (κ2) is 10.5. The average molecular weight is 875 g/mol. The van der Waals surface area contributed by atoms with E-state index in [0.717, 1.165) is 0 Å². The van der Waals surface area contributed by atoms with E-state index in [1.807, 2.05) is 67.8 Å². The summed E-state index contributed by atoms with van der Waals surface area (Å²) in [6, 6.07) is 3.26. The molecule has 2 N–H and O–H groups in total. The summed E-state index contributed by atoms with van der Waals surface area (Å²) in [6.07, 6.45) is -7.59. The van der Waals surface area contributed by atoms with Crippen molar-refractivity contribution in [1.29, 1.82) is 0 Å². The van der Waals surface area contributed by atoms with Crippen molar-refractivity contribution >= 4 is 95.7 Å². The summed E-state index contributed by atoms with van der Waals surface area (Å²) in [7, 11) is -6.62. The zero-order valence-electron chi connectivity index (χ0n) is 17.2. The fourth-order valence-corrected chi connectivity index (χ4v) is 6.99. The number of imide groups is 1. The quantitative estimate of drug-likeness (QED) is 0.0838. The van der Waals surface area contributed by atoms with Crippen molar-refractivity contribution < 1.29 is 54.0 Å². The van der Waals surface area contributed by atoms with Crippen LogP contribution in [-0.4, -0.2) is 48.3 Å². The van der Waals surface area contributed by atoms with E-state index in [2.05, 4.69) is 10.1 Å². The molecule has 1 fully saturated rings. The largest absolute Gasteiger partial charge is 0.444 e. The number of hydrogen-bond acceptors (Lipinski definition) is 6. The summed E-state index contributed by atoms with van der Waals surface area (Å²) in [5, 5.41) is -3.80. The molecule has 2 bridgehead atoms. The van der Waals surface area contributed by atoms with Crippen molar-refractivity contribution in [3.05, 3.63) is 40.6 Å². The SMILES string of the molecule is O=C(NC(=O)C1C2C=CC(C2)C1C(=O)OC(C(F)(F)F)C(F)(F)S(=O)(=O)O)c1cc(I)cc(I)c1I. The van der Waals surface area contributed by atoms with Crippen LogP contribution in [-0.2, 0) is 24.4 Å². The van der Waals surface area contributed by atoms with E-state index in [1.165, 1.54) is 18.2 Å². The molecule has 17 heteroatoms. The summed E-state index contributed by atoms with van der Waals surface area (Å²) in [6.45, 7) is 0. The number of halogens is 8. The average Bonchev–Trinajstić information content (AvgIpc) is 3.34. The molecule has 0 radical (unpaired) electrons. The summed E-state index contributed by atoms with van der Waals surface area (Å²) in [4.78, 5) is 38.4. The summed E-state index contributed by atoms with van der Waals surface area (Å²) >= 11 is 5.81. The lowest BCUT2D eigenvalue weighted by molar-refractivity contribution is -0.261. The minimum absolute atomic E-state index is 0.0933. The van der Waals surface area contributed by atoms with Crippen LogP contribution in [0.5, 0.6) is 0 Å². The first-order valence-electron chi connectivity index (χ1n) is 9.66. The number of esters is 1. The van der Waals surface area contributed by atoms with Gasteiger partial charge in [-0.2, -0.15) is 30.4 Å². The van der Waals surface area contributed by atoms with Gasteiger partial charge in [0.2, 0.25) is 5.91 Å². The monoisotopic (exact) mass is 875 g/mol. The van der Waals surface area contributed by atoms with Crippen molar-refractivity contribution in [2.75, 3.05) is 0 Å². The smallest absolute Gasteiger partial charge is 0.432 e. The second-order valence-electron chi connectivity index (χ2n) is 7.96. The van der Waals surface area contributed by atoms with Crippen LogP contribution in [0.25, 0.3) is 0 Å². The molecule has 2 aliphatic rings. The number of rotatable bonds is 6. The van der Waals surface area contributed by atoms with Crippen LogP contribution in [0.1, 0.15) is 16.8 Å². The highest BCUT2D eigenvalue weighted by Gasteiger charge is 2.67. The number of fused-ring (bicyclic) bond motifs is 2. The van der Waals surface area contributed by atoms with Gasteiger partial charge in [0, 0.05) is 10.7 Å². The molecule has 2 aliphatic carbocycles. The molecular formula is C19H13F5I3NO7S. The Kier molecular flexibility index (Phi) is 8.69. The Bertz CT molecular complexity index is 1250. The summed E-state index contributed by atoms with van der Waals surface area (Å²) in [5.41, 5.74) is 0.128. The molecule has 5 unspecified atom stereocenters. The van der Waals surface area contributed by atoms with E-state index in [0.29, 0.717) is 10.7 Å². The van der Waals surface area contributed by atoms with Gasteiger partial charge in [-0.25, -0.2) is 0 Å². The number of nitrogens with one attached hydrogen (secondary N) is 1. The van der Waals surface area contributed by atoms with Crippen LogP contribution >= 0.6 is 67.8 Å². The number of hydrogen-bond donors (Lipinski definition) is 2. The van der Waals surface area contributed by atoms with Crippen molar-refractivity contribution in [1.82, 2.24) is 5.32 Å². The second-order valence-corrected chi connectivity index (χ2v) is 12.9. The van der Waals surface area contributed by atoms with Crippen LogP contribution in [0.3, 0.4) is 0 Å². The molecule has 3 rings (SSSR count). The molecule has 1 saturated carbocycles. The van der Waals surface area contributed by atoms with Gasteiger partial charge in [-0.3, -0.25) is 24.3 Å². The van der Waals surface area contributed by atoms with Gasteiger partial charge >= 0.3 is 27.5 Å². The Morgan fingerprint density at radius 3 is 2.11 bits per heavy atom. The van der Waals surface area contributed by atoms with Gasteiger partial charge < -0.3 is 4.74 Å². The summed E-state index contributed by atoms with van der Waals surface area (Å²) in [5.74, 6) is -8.51. The Hall–Kier alpha value is -0.680. The molecule has 0 aliphatic heterocycles. The zero-order chi connectivity index (χ0) is 27.4. The van der Waals surface area contributed by atoms with Gasteiger partial charge in [0.25, 0.3) is 12.0 Å². The van der Waals surface area contributed by atoms with E-state index in [4.69, 9.17) is 4.55 Å². The predicted molar refractivity (Wildman–Crippen MR) is 137 cm³/mol. The molecule has 5 atom stereocenters. The molecule has 0 spiro atoms. The van der Waals surface area contributed by atoms with E-state index >= 15 is 0 Å². The number of carbonyl (C=O) groups excluding carboxylic acids is 3. The Morgan fingerprint density at radius 1 is 1.03 bits per heavy atom. The van der Waals surface area contributed by atoms with Gasteiger partial charge in [0.05, 0.1) is 17.4 Å². The fraction of sp³-hybridized carbons (Fsp3) is 0.421. The number of alkyl halides is 5. The topological polar surface area (TPSA) is 127 Å². The maximum atomic E-state index is 13.9. The predicted octanol–water partition coefficient (Wildman–Crippen LogP) is 4.15. The van der Waals surface area contributed by atoms with Gasteiger partial charge in [-0.15, -0.1) is 0 Å². The van der Waals surface area contributed by atoms with E-state index < -0.39 is 69.1 Å². The molecule has 36 heavy (non-hydrogen) atoms. The van der Waals surface area contributed by atoms with Crippen molar-refractivity contribution in [2.24, 2.45) is 23.7 Å². The normalized spacial score (nSPS) is 24.5. The Labute approximate surface area is 241 Å². The highest BCUT2D eigenvalue weighted by molar-refractivity contribution is 14.1. The van der Waals surface area contributed by atoms with Crippen LogP contribution in [0.4, 0.5) is 22.0 Å². The number of amides is 2. The lowest BCUT2D eigenvalue weighted by Crippen LogP contribution is -2.53. The lowest BCUT2D eigenvalue weighted by Gasteiger charge is -2.30. The maximum Gasteiger partial charge on any atom is 0.432 e. The highest BCUT2D eigenvalue weighted by Crippen LogP contribution is 2.49. The number of carbonyl (C=O) groups is 3. The first kappa shape index (κ1) is 29.9. The first-order valence-corrected chi connectivity index (χ1v) is 14.3. The Morgan fingerprint density at radius 2 is 1.58 bits per heavy atom. The van der Waals surface area contributed by atoms with Crippen LogP contribution in [0.2, 0.25) is 0 Å². The fourth-order valence-electron chi connectivity index (χ4n) is 4.14.